The summed E-state index contributed by atoms with van der Waals surface area (Å²) >= 11 is 0. The number of esters is 2. The van der Waals surface area contributed by atoms with E-state index in [0.717, 1.165) is 13.8 Å². The Hall–Kier alpha value is -2.24. The zero-order valence-electron chi connectivity index (χ0n) is 14.0. The van der Waals surface area contributed by atoms with Crippen LogP contribution < -0.4 is 5.32 Å². The van der Waals surface area contributed by atoms with Crippen molar-refractivity contribution in [2.45, 2.75) is 51.4 Å². The number of aliphatic hydroxyl groups is 1. The van der Waals surface area contributed by atoms with Gasteiger partial charge in [0, 0.05) is 20.8 Å². The molecule has 0 aromatic rings. The molecule has 1 saturated heterocycles. The quantitative estimate of drug-likeness (QED) is 0.439. The van der Waals surface area contributed by atoms with E-state index in [1.807, 2.05) is 0 Å². The number of hydrogen-bond donors (Lipinski definition) is 3. The Labute approximate surface area is 143 Å². The summed E-state index contributed by atoms with van der Waals surface area (Å²) < 4.78 is 20.3. The summed E-state index contributed by atoms with van der Waals surface area (Å²) in [7, 11) is 0. The molecule has 3 unspecified atom stereocenters. The zero-order valence-corrected chi connectivity index (χ0v) is 14.0. The first-order valence-electron chi connectivity index (χ1n) is 7.36. The Morgan fingerprint density at radius 3 is 2.24 bits per heavy atom. The summed E-state index contributed by atoms with van der Waals surface area (Å²) in [5.41, 5.74) is 0. The van der Waals surface area contributed by atoms with Crippen LogP contribution in [0.1, 0.15) is 20.8 Å². The summed E-state index contributed by atoms with van der Waals surface area (Å²) in [5, 5.41) is 21.5. The van der Waals surface area contributed by atoms with E-state index in [2.05, 4.69) is 5.32 Å². The number of rotatable bonds is 7. The number of aliphatic hydroxyl groups excluding tert-OH is 1. The molecule has 1 fully saturated rings. The van der Waals surface area contributed by atoms with Crippen LogP contribution in [0, 0.1) is 0 Å². The fraction of sp³-hybridized carbons (Fsp3) is 0.714. The summed E-state index contributed by atoms with van der Waals surface area (Å²) in [6.07, 6.45) is -5.26. The van der Waals surface area contributed by atoms with Gasteiger partial charge in [0.2, 0.25) is 5.91 Å². The number of amides is 1. The average molecular weight is 363 g/mol. The zero-order chi connectivity index (χ0) is 19.1. The lowest BCUT2D eigenvalue weighted by molar-refractivity contribution is -0.274. The molecule has 1 rings (SSSR count). The van der Waals surface area contributed by atoms with E-state index >= 15 is 0 Å². The standard InChI is InChI=1S/C14H21NO10/c1-6(16)15-11-13(24-8(3)18)12(21)9(4-22-7(2)17)25-14(11)23-5-10(19)20/h9,11-14,21H,4-5H2,1-3H3,(H,15,16)(H,19,20)/t9?,11?,12-,13?,14-/m1/s1. The highest BCUT2D eigenvalue weighted by Crippen LogP contribution is 2.25. The number of nitrogens with one attached hydrogen (secondary N) is 1. The molecule has 1 aliphatic heterocycles. The van der Waals surface area contributed by atoms with Crippen molar-refractivity contribution < 1.29 is 48.3 Å². The molecule has 1 amide bonds. The third kappa shape index (κ3) is 6.64. The maximum Gasteiger partial charge on any atom is 0.329 e. The predicted molar refractivity (Wildman–Crippen MR) is 78.0 cm³/mol. The van der Waals surface area contributed by atoms with E-state index in [1.165, 1.54) is 6.92 Å². The van der Waals surface area contributed by atoms with Crippen molar-refractivity contribution in [1.29, 1.82) is 0 Å². The summed E-state index contributed by atoms with van der Waals surface area (Å²) in [5.74, 6) is -3.21. The van der Waals surface area contributed by atoms with Crippen LogP contribution in [-0.2, 0) is 38.1 Å². The van der Waals surface area contributed by atoms with Crippen LogP contribution in [0.3, 0.4) is 0 Å². The van der Waals surface area contributed by atoms with Gasteiger partial charge in [0.15, 0.2) is 12.4 Å². The fourth-order valence-corrected chi connectivity index (χ4v) is 2.27. The van der Waals surface area contributed by atoms with Gasteiger partial charge in [-0.25, -0.2) is 4.79 Å². The van der Waals surface area contributed by atoms with Crippen molar-refractivity contribution in [2.75, 3.05) is 13.2 Å². The second-order valence-electron chi connectivity index (χ2n) is 5.34. The first kappa shape index (κ1) is 20.8. The van der Waals surface area contributed by atoms with Gasteiger partial charge in [0.25, 0.3) is 0 Å². The molecule has 142 valence electrons. The molecule has 1 aliphatic rings. The van der Waals surface area contributed by atoms with Gasteiger partial charge in [0.1, 0.15) is 31.5 Å². The first-order valence-corrected chi connectivity index (χ1v) is 7.36. The van der Waals surface area contributed by atoms with Crippen molar-refractivity contribution in [3.63, 3.8) is 0 Å². The van der Waals surface area contributed by atoms with Crippen molar-refractivity contribution in [2.24, 2.45) is 0 Å². The normalized spacial score (nSPS) is 28.7. The molecule has 1 heterocycles. The van der Waals surface area contributed by atoms with Crippen molar-refractivity contribution >= 4 is 23.8 Å². The van der Waals surface area contributed by atoms with E-state index in [4.69, 9.17) is 24.1 Å². The van der Waals surface area contributed by atoms with Crippen LogP contribution in [-0.4, -0.2) is 77.9 Å². The number of carboxylic acid groups (broad SMARTS) is 1. The molecular formula is C14H21NO10. The molecule has 0 aliphatic carbocycles. The van der Waals surface area contributed by atoms with Crippen molar-refractivity contribution in [3.05, 3.63) is 0 Å². The Morgan fingerprint density at radius 1 is 1.12 bits per heavy atom. The highest BCUT2D eigenvalue weighted by atomic mass is 16.7. The molecule has 0 saturated carbocycles. The van der Waals surface area contributed by atoms with E-state index in [-0.39, 0.29) is 6.61 Å². The van der Waals surface area contributed by atoms with Crippen LogP contribution in [0.5, 0.6) is 0 Å². The van der Waals surface area contributed by atoms with Crippen LogP contribution in [0.2, 0.25) is 0 Å². The van der Waals surface area contributed by atoms with E-state index in [9.17, 15) is 24.3 Å². The summed E-state index contributed by atoms with van der Waals surface area (Å²) in [6.45, 7) is 2.28. The number of carbonyl (C=O) groups excluding carboxylic acids is 3. The molecule has 11 heteroatoms. The Morgan fingerprint density at radius 2 is 1.76 bits per heavy atom. The number of ether oxygens (including phenoxy) is 4. The second-order valence-corrected chi connectivity index (χ2v) is 5.34. The molecule has 11 nitrogen and oxygen atoms in total. The predicted octanol–water partition coefficient (Wildman–Crippen LogP) is -1.83. The lowest BCUT2D eigenvalue weighted by Gasteiger charge is -2.43. The summed E-state index contributed by atoms with van der Waals surface area (Å²) in [6, 6.07) is -1.16. The van der Waals surface area contributed by atoms with Gasteiger partial charge in [-0.05, 0) is 0 Å². The Kier molecular flexibility index (Phi) is 7.74. The van der Waals surface area contributed by atoms with Gasteiger partial charge < -0.3 is 34.5 Å². The number of carbonyl (C=O) groups is 4. The maximum atomic E-state index is 11.4. The highest BCUT2D eigenvalue weighted by Gasteiger charge is 2.48. The van der Waals surface area contributed by atoms with Crippen molar-refractivity contribution in [3.8, 4) is 0 Å². The smallest absolute Gasteiger partial charge is 0.329 e. The minimum absolute atomic E-state index is 0.381. The number of aliphatic carboxylic acids is 1. The van der Waals surface area contributed by atoms with Crippen molar-refractivity contribution in [1.82, 2.24) is 5.32 Å². The monoisotopic (exact) mass is 363 g/mol. The third-order valence-electron chi connectivity index (χ3n) is 3.17. The molecule has 0 aromatic carbocycles. The van der Waals surface area contributed by atoms with Gasteiger partial charge in [-0.2, -0.15) is 0 Å². The fourth-order valence-electron chi connectivity index (χ4n) is 2.27. The molecular weight excluding hydrogens is 342 g/mol. The Balaban J connectivity index is 3.04. The molecule has 3 N–H and O–H groups in total. The van der Waals surface area contributed by atoms with Gasteiger partial charge in [-0.1, -0.05) is 0 Å². The number of carboxylic acids is 1. The largest absolute Gasteiger partial charge is 0.480 e. The SMILES string of the molecule is CC(=O)NC1C(OC(C)=O)[C@H](O)C(COC(C)=O)O[C@H]1OCC(=O)O. The average Bonchev–Trinajstić information content (AvgIpc) is 2.47. The maximum absolute atomic E-state index is 11.4. The van der Waals surface area contributed by atoms with Crippen LogP contribution in [0.15, 0.2) is 0 Å². The minimum atomic E-state index is -1.45. The minimum Gasteiger partial charge on any atom is -0.480 e. The molecule has 0 bridgehead atoms. The lowest BCUT2D eigenvalue weighted by atomic mass is 9.96. The molecule has 0 spiro atoms. The number of hydrogen-bond acceptors (Lipinski definition) is 9. The van der Waals surface area contributed by atoms with Crippen LogP contribution >= 0.6 is 0 Å². The van der Waals surface area contributed by atoms with Gasteiger partial charge in [-0.15, -0.1) is 0 Å². The Bertz CT molecular complexity index is 522. The lowest BCUT2D eigenvalue weighted by Crippen LogP contribution is -2.65. The van der Waals surface area contributed by atoms with Gasteiger partial charge in [-0.3, -0.25) is 14.4 Å². The van der Waals surface area contributed by atoms with Gasteiger partial charge in [0.05, 0.1) is 0 Å². The van der Waals surface area contributed by atoms with Gasteiger partial charge >= 0.3 is 17.9 Å². The summed E-state index contributed by atoms with van der Waals surface area (Å²) in [4.78, 5) is 44.4. The van der Waals surface area contributed by atoms with Crippen LogP contribution in [0.25, 0.3) is 0 Å². The van der Waals surface area contributed by atoms with Crippen LogP contribution in [0.4, 0.5) is 0 Å². The third-order valence-corrected chi connectivity index (χ3v) is 3.17. The first-order chi connectivity index (χ1) is 11.6. The van der Waals surface area contributed by atoms with E-state index < -0.39 is 61.1 Å². The molecule has 5 atom stereocenters. The second kappa shape index (κ2) is 9.30. The highest BCUT2D eigenvalue weighted by molar-refractivity contribution is 5.73. The molecule has 0 radical (unpaired) electrons. The molecule has 0 aromatic heterocycles. The van der Waals surface area contributed by atoms with E-state index in [0.29, 0.717) is 0 Å². The molecule has 25 heavy (non-hydrogen) atoms. The topological polar surface area (TPSA) is 158 Å². The van der Waals surface area contributed by atoms with E-state index in [1.54, 1.807) is 0 Å².